The smallest absolute Gasteiger partial charge is 0.307 e. The molecule has 2 aliphatic rings. The van der Waals surface area contributed by atoms with Crippen LogP contribution in [0.3, 0.4) is 0 Å². The molecule has 0 unspecified atom stereocenters. The van der Waals surface area contributed by atoms with Crippen molar-refractivity contribution < 1.29 is 23.9 Å². The van der Waals surface area contributed by atoms with Crippen molar-refractivity contribution in [3.05, 3.63) is 69.5 Å². The van der Waals surface area contributed by atoms with Crippen LogP contribution in [0, 0.1) is 5.41 Å². The van der Waals surface area contributed by atoms with Crippen molar-refractivity contribution in [1.82, 2.24) is 20.1 Å². The Morgan fingerprint density at radius 2 is 1.73 bits per heavy atom. The molecule has 3 aromatic rings. The second kappa shape index (κ2) is 13.3. The third-order valence-electron chi connectivity index (χ3n) is 8.72. The summed E-state index contributed by atoms with van der Waals surface area (Å²) in [6.07, 6.45) is 2.84. The molecule has 0 bridgehead atoms. The van der Waals surface area contributed by atoms with Crippen LogP contribution < -0.4 is 10.1 Å². The lowest BCUT2D eigenvalue weighted by atomic mass is 9.80. The highest BCUT2D eigenvalue weighted by Gasteiger charge is 2.46. The number of hydrogen-bond donors (Lipinski definition) is 1. The van der Waals surface area contributed by atoms with Crippen LogP contribution in [-0.2, 0) is 33.7 Å². The number of methoxy groups -OCH3 is 1. The van der Waals surface area contributed by atoms with Crippen molar-refractivity contribution in [3.8, 4) is 17.0 Å². The van der Waals surface area contributed by atoms with E-state index in [0.29, 0.717) is 43.3 Å². The van der Waals surface area contributed by atoms with Crippen LogP contribution in [0.4, 0.5) is 0 Å². The number of esters is 1. The SMILES string of the molecule is COc1ccc(-c2csc(CNC(=O)C3(CC(=O)OC(C)(C)C)Cc4ccccc4C3)n2)cc1C(=O)N1CCC(N(C)C)CC1. The number of likely N-dealkylation sites (tertiary alicyclic amines) is 1. The minimum Gasteiger partial charge on any atom is -0.496 e. The zero-order chi connectivity index (χ0) is 32.4. The summed E-state index contributed by atoms with van der Waals surface area (Å²) >= 11 is 1.44. The van der Waals surface area contributed by atoms with Gasteiger partial charge in [-0.25, -0.2) is 4.98 Å². The van der Waals surface area contributed by atoms with Gasteiger partial charge in [-0.2, -0.15) is 0 Å². The summed E-state index contributed by atoms with van der Waals surface area (Å²) in [7, 11) is 5.74. The standard InChI is InChI=1S/C35H44N4O5S/c1-34(2,3)44-31(40)20-35(18-24-9-7-8-10-25(24)19-35)33(42)36-21-30-37-28(22-45-30)23-11-12-29(43-6)27(17-23)32(41)39-15-13-26(14-16-39)38(4)5/h7-12,17,22,26H,13-16,18-21H2,1-6H3,(H,36,42). The fourth-order valence-corrected chi connectivity index (χ4v) is 7.11. The molecule has 1 fully saturated rings. The monoisotopic (exact) mass is 632 g/mol. The highest BCUT2D eigenvalue weighted by atomic mass is 32.1. The van der Waals surface area contributed by atoms with Crippen molar-refractivity contribution in [2.24, 2.45) is 5.41 Å². The Hall–Kier alpha value is -3.76. The van der Waals surface area contributed by atoms with Crippen molar-refractivity contribution in [2.75, 3.05) is 34.3 Å². The average Bonchev–Trinajstić information content (AvgIpc) is 3.63. The molecule has 2 heterocycles. The first-order chi connectivity index (χ1) is 21.4. The van der Waals surface area contributed by atoms with E-state index in [9.17, 15) is 14.4 Å². The van der Waals surface area contributed by atoms with Crippen molar-refractivity contribution in [1.29, 1.82) is 0 Å². The zero-order valence-corrected chi connectivity index (χ0v) is 28.0. The summed E-state index contributed by atoms with van der Waals surface area (Å²) < 4.78 is 11.2. The van der Waals surface area contributed by atoms with Crippen LogP contribution in [0.15, 0.2) is 47.8 Å². The van der Waals surface area contributed by atoms with Gasteiger partial charge in [0.05, 0.1) is 36.7 Å². The molecule has 2 amide bonds. The van der Waals surface area contributed by atoms with E-state index in [1.807, 2.05) is 73.5 Å². The Labute approximate surface area is 269 Å². The number of fused-ring (bicyclic) bond motifs is 1. The molecule has 1 N–H and O–H groups in total. The van der Waals surface area contributed by atoms with Crippen LogP contribution in [0.25, 0.3) is 11.3 Å². The number of carbonyl (C=O) groups is 3. The lowest BCUT2D eigenvalue weighted by molar-refractivity contribution is -0.160. The van der Waals surface area contributed by atoms with Gasteiger partial charge in [0.1, 0.15) is 16.4 Å². The van der Waals surface area contributed by atoms with E-state index in [4.69, 9.17) is 14.5 Å². The molecule has 5 rings (SSSR count). The van der Waals surface area contributed by atoms with Crippen molar-refractivity contribution in [3.63, 3.8) is 0 Å². The van der Waals surface area contributed by atoms with E-state index in [0.717, 1.165) is 40.2 Å². The number of piperidine rings is 1. The number of hydrogen-bond acceptors (Lipinski definition) is 8. The second-order valence-corrected chi connectivity index (χ2v) is 14.3. The van der Waals surface area contributed by atoms with Crippen LogP contribution in [-0.4, -0.2) is 78.5 Å². The molecule has 0 saturated carbocycles. The predicted octanol–water partition coefficient (Wildman–Crippen LogP) is 5.12. The number of nitrogens with one attached hydrogen (secondary N) is 1. The first-order valence-electron chi connectivity index (χ1n) is 15.5. The average molecular weight is 633 g/mol. The minimum atomic E-state index is -0.918. The number of thiazole rings is 1. The lowest BCUT2D eigenvalue weighted by Gasteiger charge is -2.35. The molecule has 2 aromatic carbocycles. The quantitative estimate of drug-likeness (QED) is 0.327. The van der Waals surface area contributed by atoms with E-state index in [2.05, 4.69) is 24.3 Å². The largest absolute Gasteiger partial charge is 0.496 e. The Balaban J connectivity index is 1.28. The number of ether oxygens (including phenoxy) is 2. The second-order valence-electron chi connectivity index (χ2n) is 13.4. The third kappa shape index (κ3) is 7.56. The number of aromatic nitrogens is 1. The highest BCUT2D eigenvalue weighted by Crippen LogP contribution is 2.41. The van der Waals surface area contributed by atoms with Gasteiger partial charge in [0.25, 0.3) is 5.91 Å². The third-order valence-corrected chi connectivity index (χ3v) is 9.57. The molecule has 10 heteroatoms. The van der Waals surface area contributed by atoms with Crippen LogP contribution >= 0.6 is 11.3 Å². The Morgan fingerprint density at radius 1 is 1.07 bits per heavy atom. The van der Waals surface area contributed by atoms with Crippen LogP contribution in [0.1, 0.15) is 66.5 Å². The number of nitrogens with zero attached hydrogens (tertiary/aromatic N) is 3. The van der Waals surface area contributed by atoms with Gasteiger partial charge in [-0.05, 0) is 89.9 Å². The lowest BCUT2D eigenvalue weighted by Crippen LogP contribution is -2.44. The maximum absolute atomic E-state index is 13.8. The summed E-state index contributed by atoms with van der Waals surface area (Å²) in [6, 6.07) is 14.0. The first kappa shape index (κ1) is 32.6. The fourth-order valence-electron chi connectivity index (χ4n) is 6.37. The molecule has 45 heavy (non-hydrogen) atoms. The molecule has 240 valence electrons. The van der Waals surface area contributed by atoms with Gasteiger partial charge in [0.15, 0.2) is 0 Å². The first-order valence-corrected chi connectivity index (χ1v) is 16.4. The molecule has 1 aliphatic heterocycles. The van der Waals surface area contributed by atoms with Gasteiger partial charge in [0, 0.05) is 30.1 Å². The van der Waals surface area contributed by atoms with Gasteiger partial charge in [-0.3, -0.25) is 14.4 Å². The van der Waals surface area contributed by atoms with E-state index in [1.165, 1.54) is 11.3 Å². The van der Waals surface area contributed by atoms with Crippen molar-refractivity contribution >= 4 is 29.1 Å². The summed E-state index contributed by atoms with van der Waals surface area (Å²) in [4.78, 5) is 49.2. The minimum absolute atomic E-state index is 0.00335. The maximum Gasteiger partial charge on any atom is 0.307 e. The van der Waals surface area contributed by atoms with Gasteiger partial charge >= 0.3 is 5.97 Å². The summed E-state index contributed by atoms with van der Waals surface area (Å²) in [5, 5.41) is 5.73. The number of rotatable bonds is 9. The predicted molar refractivity (Wildman–Crippen MR) is 175 cm³/mol. The molecular formula is C35H44N4O5S. The Kier molecular flexibility index (Phi) is 9.65. The van der Waals surface area contributed by atoms with Gasteiger partial charge in [0.2, 0.25) is 5.91 Å². The Morgan fingerprint density at radius 3 is 2.33 bits per heavy atom. The molecule has 0 radical (unpaired) electrons. The fraction of sp³-hybridized carbons (Fsp3) is 0.486. The summed E-state index contributed by atoms with van der Waals surface area (Å²) in [5.41, 5.74) is 2.67. The highest BCUT2D eigenvalue weighted by molar-refractivity contribution is 7.09. The number of benzene rings is 2. The normalized spacial score (nSPS) is 16.4. The topological polar surface area (TPSA) is 101 Å². The van der Waals surface area contributed by atoms with Gasteiger partial charge < -0.3 is 24.6 Å². The summed E-state index contributed by atoms with van der Waals surface area (Å²) in [6.45, 7) is 7.13. The van der Waals surface area contributed by atoms with E-state index >= 15 is 0 Å². The molecule has 1 aromatic heterocycles. The van der Waals surface area contributed by atoms with Crippen LogP contribution in [0.5, 0.6) is 5.75 Å². The number of amides is 2. The van der Waals surface area contributed by atoms with E-state index in [-0.39, 0.29) is 30.7 Å². The number of carbonyl (C=O) groups excluding carboxylic acids is 3. The Bertz CT molecular complexity index is 1530. The molecular weight excluding hydrogens is 588 g/mol. The molecule has 1 aliphatic carbocycles. The van der Waals surface area contributed by atoms with Gasteiger partial charge in [-0.15, -0.1) is 11.3 Å². The van der Waals surface area contributed by atoms with E-state index < -0.39 is 11.0 Å². The van der Waals surface area contributed by atoms with Gasteiger partial charge in [-0.1, -0.05) is 24.3 Å². The van der Waals surface area contributed by atoms with E-state index in [1.54, 1.807) is 7.11 Å². The van der Waals surface area contributed by atoms with Crippen LogP contribution in [0.2, 0.25) is 0 Å². The molecule has 0 spiro atoms. The molecule has 9 nitrogen and oxygen atoms in total. The van der Waals surface area contributed by atoms with Crippen molar-refractivity contribution in [2.45, 2.75) is 71.1 Å². The zero-order valence-electron chi connectivity index (χ0n) is 27.1. The maximum atomic E-state index is 13.8. The molecule has 1 saturated heterocycles. The summed E-state index contributed by atoms with van der Waals surface area (Å²) in [5.74, 6) is -0.0684. The molecule has 0 atom stereocenters.